The van der Waals surface area contributed by atoms with Gasteiger partial charge in [-0.1, -0.05) is 6.07 Å². The lowest BCUT2D eigenvalue weighted by molar-refractivity contribution is 0.334. The summed E-state index contributed by atoms with van der Waals surface area (Å²) in [5.41, 5.74) is 1.74. The van der Waals surface area contributed by atoms with Crippen LogP contribution in [-0.4, -0.2) is 33.1 Å². The molecule has 0 aliphatic carbocycles. The highest BCUT2D eigenvalue weighted by Crippen LogP contribution is 2.39. The lowest BCUT2D eigenvalue weighted by atomic mass is 10.3. The van der Waals surface area contributed by atoms with Crippen molar-refractivity contribution in [2.24, 2.45) is 0 Å². The van der Waals surface area contributed by atoms with Crippen molar-refractivity contribution in [3.63, 3.8) is 0 Å². The Hall–Kier alpha value is -2.48. The zero-order chi connectivity index (χ0) is 18.9. The van der Waals surface area contributed by atoms with Gasteiger partial charge in [-0.25, -0.2) is 9.97 Å². The van der Waals surface area contributed by atoms with Crippen LogP contribution in [0.25, 0.3) is 20.0 Å². The average molecular weight is 409 g/mol. The van der Waals surface area contributed by atoms with Crippen LogP contribution in [0.1, 0.15) is 17.7 Å². The van der Waals surface area contributed by atoms with E-state index >= 15 is 0 Å². The zero-order valence-electron chi connectivity index (χ0n) is 15.3. The molecular weight excluding hydrogens is 388 g/mol. The average Bonchev–Trinajstić information content (AvgIpc) is 3.42. The van der Waals surface area contributed by atoms with Crippen LogP contribution in [0.15, 0.2) is 48.8 Å². The van der Waals surface area contributed by atoms with Gasteiger partial charge in [-0.3, -0.25) is 4.90 Å². The summed E-state index contributed by atoms with van der Waals surface area (Å²) in [6.07, 6.45) is 4.22. The molecule has 0 radical (unpaired) electrons. The fourth-order valence-corrected chi connectivity index (χ4v) is 5.73. The lowest BCUT2D eigenvalue weighted by Gasteiger charge is -2.12. The highest BCUT2D eigenvalue weighted by molar-refractivity contribution is 7.26. The number of fused-ring (bicyclic) bond motifs is 1. The third-order valence-corrected chi connectivity index (χ3v) is 7.30. The van der Waals surface area contributed by atoms with Gasteiger partial charge in [0.15, 0.2) is 5.82 Å². The molecule has 0 atom stereocenters. The molecule has 1 aliphatic heterocycles. The number of likely N-dealkylation sites (tertiary alicyclic amines) is 1. The number of aromatic nitrogens is 2. The molecule has 1 fully saturated rings. The fraction of sp³-hybridized carbons (Fsp3) is 0.238. The number of nitrogens with one attached hydrogen (secondary N) is 1. The number of anilines is 2. The van der Waals surface area contributed by atoms with Crippen LogP contribution in [-0.2, 0) is 6.54 Å². The van der Waals surface area contributed by atoms with Crippen LogP contribution in [0.5, 0.6) is 5.75 Å². The first kappa shape index (κ1) is 17.6. The topological polar surface area (TPSA) is 61.3 Å². The molecule has 3 aromatic heterocycles. The molecule has 1 aliphatic rings. The molecule has 142 valence electrons. The molecule has 1 aromatic carbocycles. The van der Waals surface area contributed by atoms with Crippen molar-refractivity contribution in [3.05, 3.63) is 53.7 Å². The maximum atomic E-state index is 9.69. The van der Waals surface area contributed by atoms with E-state index in [0.29, 0.717) is 0 Å². The summed E-state index contributed by atoms with van der Waals surface area (Å²) in [7, 11) is 0. The lowest BCUT2D eigenvalue weighted by Crippen LogP contribution is -2.17. The third-order valence-electron chi connectivity index (χ3n) is 4.90. The van der Waals surface area contributed by atoms with E-state index in [-0.39, 0.29) is 5.75 Å². The summed E-state index contributed by atoms with van der Waals surface area (Å²) >= 11 is 3.57. The van der Waals surface area contributed by atoms with E-state index in [2.05, 4.69) is 38.4 Å². The summed E-state index contributed by atoms with van der Waals surface area (Å²) < 4.78 is 1.02. The van der Waals surface area contributed by atoms with Gasteiger partial charge in [-0.2, -0.15) is 0 Å². The van der Waals surface area contributed by atoms with Crippen LogP contribution in [0.3, 0.4) is 0 Å². The highest BCUT2D eigenvalue weighted by Gasteiger charge is 2.15. The number of hydrogen-bond acceptors (Lipinski definition) is 7. The first-order valence-corrected chi connectivity index (χ1v) is 11.0. The molecular formula is C21H20N4OS2. The Balaban J connectivity index is 1.43. The van der Waals surface area contributed by atoms with Crippen LogP contribution in [0.4, 0.5) is 11.5 Å². The van der Waals surface area contributed by atoms with Gasteiger partial charge in [-0.05, 0) is 56.3 Å². The smallest absolute Gasteiger partial charge is 0.151 e. The molecule has 0 saturated carbocycles. The van der Waals surface area contributed by atoms with Crippen LogP contribution in [0.2, 0.25) is 0 Å². The summed E-state index contributed by atoms with van der Waals surface area (Å²) in [6.45, 7) is 3.49. The third kappa shape index (κ3) is 3.61. The maximum absolute atomic E-state index is 9.69. The Labute approximate surface area is 171 Å². The largest absolute Gasteiger partial charge is 0.508 e. The molecule has 4 aromatic rings. The van der Waals surface area contributed by atoms with Crippen molar-refractivity contribution in [3.8, 4) is 15.5 Å². The molecule has 4 heterocycles. The van der Waals surface area contributed by atoms with Gasteiger partial charge >= 0.3 is 0 Å². The number of hydrogen-bond donors (Lipinski definition) is 2. The normalized spacial score (nSPS) is 14.7. The van der Waals surface area contributed by atoms with Gasteiger partial charge in [0.1, 0.15) is 12.1 Å². The molecule has 7 heteroatoms. The van der Waals surface area contributed by atoms with E-state index in [1.165, 1.54) is 40.6 Å². The van der Waals surface area contributed by atoms with Gasteiger partial charge < -0.3 is 10.4 Å². The second-order valence-corrected chi connectivity index (χ2v) is 9.19. The summed E-state index contributed by atoms with van der Waals surface area (Å²) in [4.78, 5) is 15.3. The number of phenols is 1. The number of thiophene rings is 2. The predicted octanol–water partition coefficient (Wildman–Crippen LogP) is 5.46. The number of aromatic hydroxyl groups is 1. The van der Waals surface area contributed by atoms with E-state index in [4.69, 9.17) is 0 Å². The van der Waals surface area contributed by atoms with Crippen LogP contribution >= 0.6 is 22.7 Å². The first-order chi connectivity index (χ1) is 13.7. The number of phenolic OH excluding ortho intramolecular Hbond substituents is 1. The summed E-state index contributed by atoms with van der Waals surface area (Å²) in [6, 6.07) is 13.7. The van der Waals surface area contributed by atoms with Gasteiger partial charge in [0.05, 0.1) is 10.2 Å². The van der Waals surface area contributed by atoms with Gasteiger partial charge in [0.2, 0.25) is 0 Å². The first-order valence-electron chi connectivity index (χ1n) is 9.37. The van der Waals surface area contributed by atoms with Gasteiger partial charge in [-0.15, -0.1) is 22.7 Å². The molecule has 0 amide bonds. The van der Waals surface area contributed by atoms with Crippen molar-refractivity contribution in [2.45, 2.75) is 19.4 Å². The summed E-state index contributed by atoms with van der Waals surface area (Å²) in [5, 5.41) is 13.0. The second-order valence-electron chi connectivity index (χ2n) is 6.97. The Morgan fingerprint density at radius 1 is 1.00 bits per heavy atom. The number of nitrogens with zero attached hydrogens (tertiary/aromatic N) is 3. The maximum Gasteiger partial charge on any atom is 0.151 e. The van der Waals surface area contributed by atoms with Gasteiger partial charge in [0, 0.05) is 32.9 Å². The minimum Gasteiger partial charge on any atom is -0.508 e. The van der Waals surface area contributed by atoms with Crippen LogP contribution < -0.4 is 5.32 Å². The molecule has 0 spiro atoms. The summed E-state index contributed by atoms with van der Waals surface area (Å²) in [5.74, 6) is 0.993. The van der Waals surface area contributed by atoms with Crippen molar-refractivity contribution in [1.82, 2.24) is 14.9 Å². The Morgan fingerprint density at radius 3 is 2.75 bits per heavy atom. The van der Waals surface area contributed by atoms with Crippen molar-refractivity contribution < 1.29 is 5.11 Å². The Morgan fingerprint density at radius 2 is 1.89 bits per heavy atom. The van der Waals surface area contributed by atoms with E-state index < -0.39 is 0 Å². The van der Waals surface area contributed by atoms with Crippen molar-refractivity contribution in [2.75, 3.05) is 18.4 Å². The monoisotopic (exact) mass is 408 g/mol. The zero-order valence-corrected chi connectivity index (χ0v) is 16.9. The standard InChI is InChI=1S/C21H20N4OS2/c26-15-5-3-4-14(10-15)24-21-20-17(22-13-23-21)11-19(28-20)18-7-6-16(27-18)12-25-8-1-2-9-25/h3-7,10-11,13,26H,1-2,8-9,12H2,(H,22,23,24). The predicted molar refractivity (Wildman–Crippen MR) is 117 cm³/mol. The van der Waals surface area contributed by atoms with E-state index in [0.717, 1.165) is 28.3 Å². The number of rotatable bonds is 5. The Bertz CT molecular complexity index is 1110. The van der Waals surface area contributed by atoms with E-state index in [9.17, 15) is 5.11 Å². The molecule has 0 bridgehead atoms. The highest BCUT2D eigenvalue weighted by atomic mass is 32.1. The molecule has 5 nitrogen and oxygen atoms in total. The SMILES string of the molecule is Oc1cccc(Nc2ncnc3cc(-c4ccc(CN5CCCC5)s4)sc23)c1. The molecule has 1 saturated heterocycles. The molecule has 28 heavy (non-hydrogen) atoms. The fourth-order valence-electron chi connectivity index (χ4n) is 3.54. The second kappa shape index (κ2) is 7.50. The molecule has 2 N–H and O–H groups in total. The van der Waals surface area contributed by atoms with Crippen molar-refractivity contribution >= 4 is 44.4 Å². The Kier molecular flexibility index (Phi) is 4.72. The minimum absolute atomic E-state index is 0.228. The van der Waals surface area contributed by atoms with Crippen molar-refractivity contribution in [1.29, 1.82) is 0 Å². The quantitative estimate of drug-likeness (QED) is 0.459. The molecule has 0 unspecified atom stereocenters. The molecule has 5 rings (SSSR count). The van der Waals surface area contributed by atoms with Crippen LogP contribution in [0, 0.1) is 0 Å². The van der Waals surface area contributed by atoms with E-state index in [1.54, 1.807) is 29.8 Å². The minimum atomic E-state index is 0.228. The number of benzene rings is 1. The van der Waals surface area contributed by atoms with Gasteiger partial charge in [0.25, 0.3) is 0 Å². The van der Waals surface area contributed by atoms with E-state index in [1.807, 2.05) is 23.5 Å².